The fourth-order valence-electron chi connectivity index (χ4n) is 11.7. The first kappa shape index (κ1) is 51.1. The van der Waals surface area contributed by atoms with E-state index in [4.69, 9.17) is 19.4 Å². The summed E-state index contributed by atoms with van der Waals surface area (Å²) in [6, 6.07) is 93.7. The van der Waals surface area contributed by atoms with E-state index in [1.165, 1.54) is 0 Å². The van der Waals surface area contributed by atoms with Crippen LogP contribution in [0.5, 0.6) is 23.0 Å². The van der Waals surface area contributed by atoms with Crippen molar-refractivity contribution in [3.63, 3.8) is 0 Å². The quantitative estimate of drug-likeness (QED) is 0.111. The van der Waals surface area contributed by atoms with Gasteiger partial charge in [0.1, 0.15) is 17.1 Å². The Bertz CT molecular complexity index is 4370. The molecule has 9 nitrogen and oxygen atoms in total. The topological polar surface area (TPSA) is 97.8 Å². The number of carbonyl (C=O) groups is 2. The molecule has 13 aromatic rings. The van der Waals surface area contributed by atoms with Crippen LogP contribution in [0.15, 0.2) is 298 Å². The molecule has 0 saturated carbocycles. The first-order valence-electron chi connectivity index (χ1n) is 28.4. The summed E-state index contributed by atoms with van der Waals surface area (Å²) in [6.07, 6.45) is 5.16. The lowest BCUT2D eigenvalue weighted by atomic mass is 9.83. The number of ether oxygens (including phenoxy) is 2. The molecule has 0 saturated heterocycles. The van der Waals surface area contributed by atoms with Crippen LogP contribution in [-0.2, 0) is 0 Å². The largest absolute Gasteiger partial charge is 0.453 e. The van der Waals surface area contributed by atoms with E-state index < -0.39 is 0 Å². The predicted octanol–water partition coefficient (Wildman–Crippen LogP) is 19.5. The van der Waals surface area contributed by atoms with Gasteiger partial charge in [-0.2, -0.15) is 0 Å². The van der Waals surface area contributed by atoms with Gasteiger partial charge in [0.15, 0.2) is 23.0 Å². The zero-order valence-electron chi connectivity index (χ0n) is 46.2. The van der Waals surface area contributed by atoms with Gasteiger partial charge in [0, 0.05) is 46.4 Å². The van der Waals surface area contributed by atoms with E-state index in [2.05, 4.69) is 148 Å². The van der Waals surface area contributed by atoms with Gasteiger partial charge < -0.3 is 19.3 Å². The summed E-state index contributed by atoms with van der Waals surface area (Å²) in [5, 5.41) is 0. The zero-order valence-corrected chi connectivity index (χ0v) is 46.2. The molecule has 9 heteroatoms. The third-order valence-electron chi connectivity index (χ3n) is 15.8. The lowest BCUT2D eigenvalue weighted by Crippen LogP contribution is -2.16. The van der Waals surface area contributed by atoms with Crippen molar-refractivity contribution in [2.75, 3.05) is 9.80 Å². The molecule has 0 fully saturated rings. The number of anilines is 6. The zero-order chi connectivity index (χ0) is 57.5. The lowest BCUT2D eigenvalue weighted by Gasteiger charge is -2.35. The summed E-state index contributed by atoms with van der Waals surface area (Å²) in [4.78, 5) is 45.4. The molecule has 0 bridgehead atoms. The molecular formula is C77H49N5O4. The maximum atomic E-state index is 13.6. The second kappa shape index (κ2) is 21.8. The van der Waals surface area contributed by atoms with Crippen LogP contribution in [-0.4, -0.2) is 26.5 Å². The van der Waals surface area contributed by atoms with Crippen LogP contribution < -0.4 is 19.3 Å². The highest BCUT2D eigenvalue weighted by Crippen LogP contribution is 2.56. The van der Waals surface area contributed by atoms with E-state index in [1.54, 1.807) is 42.9 Å². The van der Waals surface area contributed by atoms with Crippen molar-refractivity contribution in [1.29, 1.82) is 0 Å². The van der Waals surface area contributed by atoms with Crippen LogP contribution in [0.1, 0.15) is 32.2 Å². The van der Waals surface area contributed by atoms with Gasteiger partial charge in [-0.05, 0) is 154 Å². The second-order valence-corrected chi connectivity index (χ2v) is 21.0. The van der Waals surface area contributed by atoms with Crippen LogP contribution in [0.2, 0.25) is 0 Å². The maximum absolute atomic E-state index is 13.6. The number of aromatic nitrogens is 3. The van der Waals surface area contributed by atoms with Crippen LogP contribution in [0.25, 0.3) is 66.8 Å². The number of hydrogen-bond donors (Lipinski definition) is 0. The monoisotopic (exact) mass is 1110 g/mol. The molecule has 0 atom stereocenters. The third-order valence-corrected chi connectivity index (χ3v) is 15.8. The first-order valence-corrected chi connectivity index (χ1v) is 28.4. The molecule has 86 heavy (non-hydrogen) atoms. The average molecular weight is 1110 g/mol. The number of fused-ring (bicyclic) bond motifs is 4. The van der Waals surface area contributed by atoms with Gasteiger partial charge in [0.25, 0.3) is 0 Å². The minimum absolute atomic E-state index is 0.134. The van der Waals surface area contributed by atoms with Crippen LogP contribution in [0.4, 0.5) is 34.1 Å². The SMILES string of the molecule is O=C(c1ccccc1)c1ccc(-c2cccc(-c3cc(-c4ccccc4N4c5ccccc5Oc5ccccc54)c(-c4cccc(-c5ccc(C(=O)c6ccccn6)nc5)c4)cc3-c3ccccc3N3c4ccccc4Oc4ccccc43)c2)cn1. The Morgan fingerprint density at radius 2 is 0.651 bits per heavy atom. The van der Waals surface area contributed by atoms with E-state index in [0.29, 0.717) is 22.6 Å². The van der Waals surface area contributed by atoms with Gasteiger partial charge in [-0.25, -0.2) is 0 Å². The normalized spacial score (nSPS) is 12.0. The van der Waals surface area contributed by atoms with Gasteiger partial charge in [0.05, 0.1) is 34.1 Å². The number of benzene rings is 10. The highest BCUT2D eigenvalue weighted by Gasteiger charge is 2.31. The van der Waals surface area contributed by atoms with Crippen LogP contribution in [0, 0.1) is 0 Å². The number of pyridine rings is 3. The Labute approximate surface area is 497 Å². The van der Waals surface area contributed by atoms with Gasteiger partial charge in [-0.1, -0.05) is 170 Å². The fraction of sp³-hybridized carbons (Fsp3) is 0. The molecule has 0 amide bonds. The van der Waals surface area contributed by atoms with Gasteiger partial charge in [-0.3, -0.25) is 24.5 Å². The molecule has 0 radical (unpaired) electrons. The Morgan fingerprint density at radius 3 is 1.08 bits per heavy atom. The van der Waals surface area contributed by atoms with E-state index in [0.717, 1.165) is 124 Å². The highest BCUT2D eigenvalue weighted by molar-refractivity contribution is 6.08. The van der Waals surface area contributed by atoms with Crippen molar-refractivity contribution >= 4 is 45.7 Å². The molecule has 0 unspecified atom stereocenters. The first-order chi connectivity index (χ1) is 42.5. The van der Waals surface area contributed by atoms with Crippen molar-refractivity contribution in [1.82, 2.24) is 15.0 Å². The van der Waals surface area contributed by atoms with E-state index in [-0.39, 0.29) is 11.6 Å². The van der Waals surface area contributed by atoms with E-state index in [9.17, 15) is 9.59 Å². The highest BCUT2D eigenvalue weighted by atomic mass is 16.5. The molecule has 5 heterocycles. The summed E-state index contributed by atoms with van der Waals surface area (Å²) >= 11 is 0. The Kier molecular flexibility index (Phi) is 13.0. The number of carbonyl (C=O) groups excluding carboxylic acids is 2. The van der Waals surface area contributed by atoms with Crippen molar-refractivity contribution < 1.29 is 19.1 Å². The molecule has 3 aromatic heterocycles. The van der Waals surface area contributed by atoms with E-state index in [1.807, 2.05) is 121 Å². The standard InChI is InChI=1S/C77H49N5O4/c83-76(50-20-2-1-3-21-50)64-41-39-55(48-79-64)51-22-18-24-53(44-51)59-46-62(58-27-5-7-30-67(58)82-70-33-10-14-37-74(70)86-75-38-15-11-34-71(75)82)60(54-25-19-23-52(45-54)56-40-42-65(80-49-56)77(84)63-28-16-17-43-78-63)47-61(59)57-26-4-6-29-66(57)81-68-31-8-12-35-72(68)85-73-36-13-9-32-69(73)81/h1-49H. The predicted molar refractivity (Wildman–Crippen MR) is 342 cm³/mol. The lowest BCUT2D eigenvalue weighted by molar-refractivity contribution is 0.102. The molecule has 10 aromatic carbocycles. The minimum Gasteiger partial charge on any atom is -0.453 e. The molecule has 2 aliphatic heterocycles. The van der Waals surface area contributed by atoms with Crippen molar-refractivity contribution in [2.24, 2.45) is 0 Å². The van der Waals surface area contributed by atoms with Crippen LogP contribution in [0.3, 0.4) is 0 Å². The second-order valence-electron chi connectivity index (χ2n) is 21.0. The van der Waals surface area contributed by atoms with Gasteiger partial charge >= 0.3 is 0 Å². The van der Waals surface area contributed by atoms with Crippen molar-refractivity contribution in [3.05, 3.63) is 320 Å². The van der Waals surface area contributed by atoms with Crippen LogP contribution >= 0.6 is 0 Å². The molecule has 15 rings (SSSR count). The van der Waals surface area contributed by atoms with Crippen molar-refractivity contribution in [2.45, 2.75) is 0 Å². The number of hydrogen-bond acceptors (Lipinski definition) is 9. The Morgan fingerprint density at radius 1 is 0.267 bits per heavy atom. The summed E-state index contributed by atoms with van der Waals surface area (Å²) in [7, 11) is 0. The number of ketones is 2. The molecule has 0 spiro atoms. The minimum atomic E-state index is -0.243. The summed E-state index contributed by atoms with van der Waals surface area (Å²) in [5.41, 5.74) is 18.5. The van der Waals surface area contributed by atoms with Crippen molar-refractivity contribution in [3.8, 4) is 89.8 Å². The molecular weight excluding hydrogens is 1060 g/mol. The third kappa shape index (κ3) is 9.31. The summed E-state index contributed by atoms with van der Waals surface area (Å²) in [5.74, 6) is 2.62. The van der Waals surface area contributed by atoms with Gasteiger partial charge in [0.2, 0.25) is 11.6 Å². The Balaban J connectivity index is 0.973. The average Bonchev–Trinajstić information content (AvgIpc) is 1.36. The maximum Gasteiger partial charge on any atom is 0.229 e. The molecule has 2 aliphatic rings. The number of para-hydroxylation sites is 10. The molecule has 0 N–H and O–H groups in total. The van der Waals surface area contributed by atoms with Gasteiger partial charge in [-0.15, -0.1) is 0 Å². The summed E-state index contributed by atoms with van der Waals surface area (Å²) in [6.45, 7) is 0. The fourth-order valence-corrected chi connectivity index (χ4v) is 11.7. The van der Waals surface area contributed by atoms with E-state index >= 15 is 0 Å². The summed E-state index contributed by atoms with van der Waals surface area (Å²) < 4.78 is 13.2. The molecule has 406 valence electrons. The molecule has 0 aliphatic carbocycles. The smallest absolute Gasteiger partial charge is 0.229 e. The Hall–Kier alpha value is -11.8. The number of nitrogens with zero attached hydrogens (tertiary/aromatic N) is 5. The number of rotatable bonds is 12.